The van der Waals surface area contributed by atoms with Gasteiger partial charge in [-0.2, -0.15) is 8.42 Å². The average Bonchev–Trinajstić information content (AvgIpc) is 3.03. The molecule has 0 aromatic rings. The van der Waals surface area contributed by atoms with Crippen molar-refractivity contribution < 1.29 is 22.9 Å². The molecule has 0 fully saturated rings. The molecule has 0 saturated carbocycles. The van der Waals surface area contributed by atoms with E-state index in [0.717, 1.165) is 64.2 Å². The van der Waals surface area contributed by atoms with Crippen LogP contribution in [0.2, 0.25) is 0 Å². The van der Waals surface area contributed by atoms with Crippen molar-refractivity contribution in [2.75, 3.05) is 5.75 Å². The first-order valence-corrected chi connectivity index (χ1v) is 19.9. The molecule has 0 aromatic heterocycles. The lowest BCUT2D eigenvalue weighted by atomic mass is 10.1. The van der Waals surface area contributed by atoms with Gasteiger partial charge in [-0.25, -0.2) is 0 Å². The van der Waals surface area contributed by atoms with Crippen LogP contribution in [0.1, 0.15) is 142 Å². The van der Waals surface area contributed by atoms with E-state index in [1.807, 2.05) is 0 Å². The summed E-state index contributed by atoms with van der Waals surface area (Å²) in [4.78, 5) is 12.5. The molecule has 0 aliphatic carbocycles. The maximum absolute atomic E-state index is 12.5. The first-order valence-electron chi connectivity index (χ1n) is 18.3. The molecule has 1 amide bonds. The van der Waals surface area contributed by atoms with E-state index in [0.29, 0.717) is 12.8 Å². The molecule has 2 atom stereocenters. The third kappa shape index (κ3) is 34.7. The molecule has 0 heterocycles. The Kier molecular flexibility index (Phi) is 31.7. The molecule has 47 heavy (non-hydrogen) atoms. The van der Waals surface area contributed by atoms with E-state index < -0.39 is 28.0 Å². The number of amides is 1. The first kappa shape index (κ1) is 44.5. The van der Waals surface area contributed by atoms with E-state index in [1.165, 1.54) is 51.0 Å². The number of allylic oxidation sites excluding steroid dienone is 13. The highest BCUT2D eigenvalue weighted by molar-refractivity contribution is 7.85. The Bertz CT molecular complexity index is 1050. The molecule has 0 aliphatic heterocycles. The van der Waals surface area contributed by atoms with E-state index >= 15 is 0 Å². The van der Waals surface area contributed by atoms with Crippen LogP contribution in [-0.4, -0.2) is 41.9 Å². The van der Waals surface area contributed by atoms with Gasteiger partial charge in [-0.05, 0) is 77.0 Å². The number of rotatable bonds is 31. The van der Waals surface area contributed by atoms with Crippen LogP contribution in [0.15, 0.2) is 85.1 Å². The Hall–Kier alpha value is -2.48. The van der Waals surface area contributed by atoms with Gasteiger partial charge in [0.25, 0.3) is 10.1 Å². The summed E-state index contributed by atoms with van der Waals surface area (Å²) < 4.78 is 32.3. The molecular formula is C40H67NO5S. The molecule has 0 bridgehead atoms. The zero-order valence-corrected chi connectivity index (χ0v) is 30.4. The smallest absolute Gasteiger partial charge is 0.267 e. The van der Waals surface area contributed by atoms with Gasteiger partial charge in [0.2, 0.25) is 5.91 Å². The van der Waals surface area contributed by atoms with Gasteiger partial charge in [-0.1, -0.05) is 144 Å². The van der Waals surface area contributed by atoms with Crippen molar-refractivity contribution >= 4 is 16.0 Å². The molecular weight excluding hydrogens is 607 g/mol. The minimum absolute atomic E-state index is 0.244. The van der Waals surface area contributed by atoms with Crippen molar-refractivity contribution in [2.45, 2.75) is 154 Å². The van der Waals surface area contributed by atoms with Crippen LogP contribution >= 0.6 is 0 Å². The topological polar surface area (TPSA) is 104 Å². The predicted octanol–water partition coefficient (Wildman–Crippen LogP) is 10.5. The van der Waals surface area contributed by atoms with Crippen LogP contribution < -0.4 is 5.32 Å². The Balaban J connectivity index is 4.14. The number of hydrogen-bond acceptors (Lipinski definition) is 4. The number of aliphatic hydroxyl groups excluding tert-OH is 1. The van der Waals surface area contributed by atoms with Gasteiger partial charge in [0.05, 0.1) is 17.9 Å². The fourth-order valence-corrected chi connectivity index (χ4v) is 5.58. The second kappa shape index (κ2) is 33.4. The predicted molar refractivity (Wildman–Crippen MR) is 202 cm³/mol. The van der Waals surface area contributed by atoms with Gasteiger partial charge < -0.3 is 10.4 Å². The highest BCUT2D eigenvalue weighted by atomic mass is 32.2. The largest absolute Gasteiger partial charge is 0.387 e. The fourth-order valence-electron chi connectivity index (χ4n) is 4.84. The Morgan fingerprint density at radius 2 is 1.04 bits per heavy atom. The van der Waals surface area contributed by atoms with Crippen LogP contribution in [0.25, 0.3) is 0 Å². The molecule has 268 valence electrons. The lowest BCUT2D eigenvalue weighted by molar-refractivity contribution is -0.122. The minimum atomic E-state index is -4.37. The summed E-state index contributed by atoms with van der Waals surface area (Å²) in [5.41, 5.74) is 0. The molecule has 0 aliphatic rings. The van der Waals surface area contributed by atoms with Crippen LogP contribution in [0.3, 0.4) is 0 Å². The number of carbonyl (C=O) groups excluding carboxylic acids is 1. The third-order valence-corrected chi connectivity index (χ3v) is 8.34. The van der Waals surface area contributed by atoms with Gasteiger partial charge in [-0.15, -0.1) is 0 Å². The summed E-state index contributed by atoms with van der Waals surface area (Å²) in [7, 11) is -4.37. The summed E-state index contributed by atoms with van der Waals surface area (Å²) in [6.07, 6.45) is 48.5. The Morgan fingerprint density at radius 3 is 1.60 bits per heavy atom. The molecule has 0 aromatic carbocycles. The first-order chi connectivity index (χ1) is 22.8. The van der Waals surface area contributed by atoms with Crippen molar-refractivity contribution in [2.24, 2.45) is 0 Å². The Morgan fingerprint density at radius 1 is 0.596 bits per heavy atom. The van der Waals surface area contributed by atoms with Gasteiger partial charge in [0, 0.05) is 6.42 Å². The summed E-state index contributed by atoms with van der Waals surface area (Å²) in [6, 6.07) is -1.09. The highest BCUT2D eigenvalue weighted by Crippen LogP contribution is 2.10. The second-order valence-corrected chi connectivity index (χ2v) is 13.6. The molecule has 0 saturated heterocycles. The summed E-state index contributed by atoms with van der Waals surface area (Å²) in [5, 5.41) is 13.1. The van der Waals surface area contributed by atoms with Gasteiger partial charge >= 0.3 is 0 Å². The maximum atomic E-state index is 12.5. The average molecular weight is 674 g/mol. The SMILES string of the molecule is CC/C=C\C/C=C\C/C=C\C/C=C\C/C=C\CCCCCC(=O)NC(CS(=O)(=O)O)C(O)/C=C/CC/C=C/CCCCCCCCC. The number of nitrogens with one attached hydrogen (secondary N) is 1. The number of carbonyl (C=O) groups is 1. The van der Waals surface area contributed by atoms with Crippen molar-refractivity contribution in [1.29, 1.82) is 0 Å². The molecule has 0 spiro atoms. The third-order valence-electron chi connectivity index (χ3n) is 7.56. The van der Waals surface area contributed by atoms with Crippen LogP contribution in [0.5, 0.6) is 0 Å². The normalized spacial score (nSPS) is 14.4. The lowest BCUT2D eigenvalue weighted by Crippen LogP contribution is -2.46. The van der Waals surface area contributed by atoms with E-state index in [4.69, 9.17) is 0 Å². The zero-order chi connectivity index (χ0) is 34.7. The Labute approximate surface area is 288 Å². The molecule has 2 unspecified atom stereocenters. The number of hydrogen-bond donors (Lipinski definition) is 3. The van der Waals surface area contributed by atoms with Gasteiger partial charge in [-0.3, -0.25) is 9.35 Å². The summed E-state index contributed by atoms with van der Waals surface area (Å²) in [6.45, 7) is 4.37. The highest BCUT2D eigenvalue weighted by Gasteiger charge is 2.24. The molecule has 3 N–H and O–H groups in total. The number of unbranched alkanes of at least 4 members (excludes halogenated alkanes) is 11. The summed E-state index contributed by atoms with van der Waals surface area (Å²) in [5.74, 6) is -1.05. The zero-order valence-electron chi connectivity index (χ0n) is 29.6. The van der Waals surface area contributed by atoms with E-state index in [1.54, 1.807) is 6.08 Å². The lowest BCUT2D eigenvalue weighted by Gasteiger charge is -2.21. The van der Waals surface area contributed by atoms with E-state index in [2.05, 4.69) is 92.1 Å². The quantitative estimate of drug-likeness (QED) is 0.0386. The molecule has 0 rings (SSSR count). The van der Waals surface area contributed by atoms with Crippen LogP contribution in [-0.2, 0) is 14.9 Å². The van der Waals surface area contributed by atoms with Gasteiger partial charge in [0.15, 0.2) is 0 Å². The van der Waals surface area contributed by atoms with Crippen molar-refractivity contribution in [3.8, 4) is 0 Å². The monoisotopic (exact) mass is 673 g/mol. The standard InChI is InChI=1S/C40H67NO5S/c1-3-5-7-9-11-13-15-17-18-19-20-21-22-24-26-28-30-32-34-36-40(43)41-38(37-47(44,45)46)39(42)35-33-31-29-27-25-23-16-14-12-10-8-6-4-2/h5,7,11,13,17-18,20-21,24-27,33,35,38-39,42H,3-4,6,8-10,12,14-16,19,22-23,28-32,34,36-37H2,1-2H3,(H,41,43)(H,44,45,46)/b7-5-,13-11-,18-17-,21-20-,26-24-,27-25+,35-33+. The van der Waals surface area contributed by atoms with Crippen molar-refractivity contribution in [1.82, 2.24) is 5.32 Å². The molecule has 7 heteroatoms. The maximum Gasteiger partial charge on any atom is 0.267 e. The van der Waals surface area contributed by atoms with Gasteiger partial charge in [0.1, 0.15) is 0 Å². The molecule has 0 radical (unpaired) electrons. The van der Waals surface area contributed by atoms with Crippen LogP contribution in [0, 0.1) is 0 Å². The van der Waals surface area contributed by atoms with Crippen molar-refractivity contribution in [3.63, 3.8) is 0 Å². The van der Waals surface area contributed by atoms with Crippen molar-refractivity contribution in [3.05, 3.63) is 85.1 Å². The molecule has 6 nitrogen and oxygen atoms in total. The van der Waals surface area contributed by atoms with Crippen LogP contribution in [0.4, 0.5) is 0 Å². The fraction of sp³-hybridized carbons (Fsp3) is 0.625. The van der Waals surface area contributed by atoms with E-state index in [9.17, 15) is 22.9 Å². The second-order valence-electron chi connectivity index (χ2n) is 12.1. The number of aliphatic hydroxyl groups is 1. The van der Waals surface area contributed by atoms with E-state index in [-0.39, 0.29) is 12.3 Å². The summed E-state index contributed by atoms with van der Waals surface area (Å²) >= 11 is 0. The minimum Gasteiger partial charge on any atom is -0.387 e.